The molecule has 0 radical (unpaired) electrons. The molecule has 1 aliphatic carbocycles. The molecule has 1 aliphatic rings. The van der Waals surface area contributed by atoms with Crippen LogP contribution in [0.2, 0.25) is 0 Å². The van der Waals surface area contributed by atoms with E-state index in [2.05, 4.69) is 15.3 Å². The van der Waals surface area contributed by atoms with Gasteiger partial charge in [0.15, 0.2) is 0 Å². The van der Waals surface area contributed by atoms with Crippen LogP contribution >= 0.6 is 11.3 Å². The van der Waals surface area contributed by atoms with Crippen molar-refractivity contribution in [2.45, 2.75) is 32.6 Å². The highest BCUT2D eigenvalue weighted by Gasteiger charge is 2.19. The predicted molar refractivity (Wildman–Crippen MR) is 91.3 cm³/mol. The number of fused-ring (bicyclic) bond motifs is 3. The van der Waals surface area contributed by atoms with Crippen molar-refractivity contribution in [1.29, 1.82) is 0 Å². The van der Waals surface area contributed by atoms with Gasteiger partial charge in [0.25, 0.3) is 5.56 Å². The van der Waals surface area contributed by atoms with Gasteiger partial charge in [0.1, 0.15) is 4.83 Å². The number of rotatable bonds is 2. The number of thiophene rings is 1. The third kappa shape index (κ3) is 2.31. The van der Waals surface area contributed by atoms with Gasteiger partial charge in [-0.25, -0.2) is 4.98 Å². The summed E-state index contributed by atoms with van der Waals surface area (Å²) in [4.78, 5) is 22.1. The fourth-order valence-electron chi connectivity index (χ4n) is 3.00. The van der Waals surface area contributed by atoms with Crippen LogP contribution in [0.4, 0.5) is 11.6 Å². The van der Waals surface area contributed by atoms with Crippen LogP contribution in [0.15, 0.2) is 29.1 Å². The van der Waals surface area contributed by atoms with E-state index in [1.54, 1.807) is 11.3 Å². The van der Waals surface area contributed by atoms with Crippen molar-refractivity contribution in [3.05, 3.63) is 50.6 Å². The van der Waals surface area contributed by atoms with E-state index < -0.39 is 0 Å². The number of nitrogens with zero attached hydrogens (tertiary/aromatic N) is 1. The summed E-state index contributed by atoms with van der Waals surface area (Å²) in [5.74, 6) is 0.514. The number of hydrogen-bond donors (Lipinski definition) is 2. The zero-order chi connectivity index (χ0) is 15.1. The summed E-state index contributed by atoms with van der Waals surface area (Å²) < 4.78 is 0. The van der Waals surface area contributed by atoms with Crippen LogP contribution in [0.5, 0.6) is 0 Å². The second-order valence-electron chi connectivity index (χ2n) is 5.80. The first kappa shape index (κ1) is 13.5. The zero-order valence-electron chi connectivity index (χ0n) is 12.4. The SMILES string of the molecule is Cc1ccc(Nc2nc3sc4c(c3c(=O)[nH]2)CCCC4)cc1. The Morgan fingerprint density at radius 3 is 2.77 bits per heavy atom. The van der Waals surface area contributed by atoms with E-state index in [1.165, 1.54) is 28.8 Å². The number of hydrogen-bond acceptors (Lipinski definition) is 4. The Morgan fingerprint density at radius 2 is 1.95 bits per heavy atom. The molecule has 4 rings (SSSR count). The fourth-order valence-corrected chi connectivity index (χ4v) is 4.26. The van der Waals surface area contributed by atoms with Crippen molar-refractivity contribution >= 4 is 33.2 Å². The standard InChI is InChI=1S/C17H17N3OS/c1-10-6-8-11(9-7-10)18-17-19-15(21)14-12-4-2-3-5-13(12)22-16(14)20-17/h6-9H,2-5H2,1H3,(H2,18,19,20,21). The lowest BCUT2D eigenvalue weighted by atomic mass is 9.97. The highest BCUT2D eigenvalue weighted by molar-refractivity contribution is 7.18. The van der Waals surface area contributed by atoms with Crippen LogP contribution in [-0.4, -0.2) is 9.97 Å². The molecule has 3 aromatic rings. The molecule has 5 heteroatoms. The van der Waals surface area contributed by atoms with E-state index >= 15 is 0 Å². The highest BCUT2D eigenvalue weighted by Crippen LogP contribution is 2.33. The molecule has 0 aliphatic heterocycles. The maximum absolute atomic E-state index is 12.4. The molecule has 0 unspecified atom stereocenters. The Labute approximate surface area is 132 Å². The summed E-state index contributed by atoms with van der Waals surface area (Å²) in [6.45, 7) is 2.05. The number of aromatic nitrogens is 2. The van der Waals surface area contributed by atoms with E-state index in [0.717, 1.165) is 28.7 Å². The Morgan fingerprint density at radius 1 is 1.18 bits per heavy atom. The molecule has 0 fully saturated rings. The molecular formula is C17H17N3OS. The lowest BCUT2D eigenvalue weighted by Crippen LogP contribution is -2.12. The third-order valence-corrected chi connectivity index (χ3v) is 5.33. The first-order chi connectivity index (χ1) is 10.7. The Balaban J connectivity index is 1.77. The van der Waals surface area contributed by atoms with Gasteiger partial charge in [0, 0.05) is 10.6 Å². The minimum atomic E-state index is -0.0287. The lowest BCUT2D eigenvalue weighted by molar-refractivity contribution is 0.700. The first-order valence-corrected chi connectivity index (χ1v) is 8.40. The summed E-state index contributed by atoms with van der Waals surface area (Å²) >= 11 is 1.67. The first-order valence-electron chi connectivity index (χ1n) is 7.59. The summed E-state index contributed by atoms with van der Waals surface area (Å²) in [6.07, 6.45) is 4.47. The van der Waals surface area contributed by atoms with E-state index in [0.29, 0.717) is 5.95 Å². The Kier molecular flexibility index (Phi) is 3.22. The monoisotopic (exact) mass is 311 g/mol. The van der Waals surface area contributed by atoms with Crippen molar-refractivity contribution in [3.63, 3.8) is 0 Å². The van der Waals surface area contributed by atoms with Gasteiger partial charge in [-0.1, -0.05) is 17.7 Å². The van der Waals surface area contributed by atoms with Crippen LogP contribution in [0, 0.1) is 6.92 Å². The van der Waals surface area contributed by atoms with E-state index in [9.17, 15) is 4.79 Å². The molecule has 22 heavy (non-hydrogen) atoms. The summed E-state index contributed by atoms with van der Waals surface area (Å²) in [7, 11) is 0. The molecule has 0 bridgehead atoms. The molecule has 0 atom stereocenters. The molecule has 0 saturated heterocycles. The smallest absolute Gasteiger partial charge is 0.261 e. The minimum absolute atomic E-state index is 0.0287. The molecule has 4 nitrogen and oxygen atoms in total. The summed E-state index contributed by atoms with van der Waals surface area (Å²) in [6, 6.07) is 8.03. The van der Waals surface area contributed by atoms with Gasteiger partial charge in [-0.15, -0.1) is 11.3 Å². The number of aromatic amines is 1. The second-order valence-corrected chi connectivity index (χ2v) is 6.88. The quantitative estimate of drug-likeness (QED) is 0.754. The summed E-state index contributed by atoms with van der Waals surface area (Å²) in [5, 5.41) is 3.98. The van der Waals surface area contributed by atoms with Crippen LogP contribution in [0.3, 0.4) is 0 Å². The number of aryl methyl sites for hydroxylation is 3. The average Bonchev–Trinajstić information content (AvgIpc) is 2.88. The van der Waals surface area contributed by atoms with Crippen molar-refractivity contribution < 1.29 is 0 Å². The lowest BCUT2D eigenvalue weighted by Gasteiger charge is -2.09. The largest absolute Gasteiger partial charge is 0.326 e. The number of anilines is 2. The van der Waals surface area contributed by atoms with Gasteiger partial charge in [-0.2, -0.15) is 0 Å². The van der Waals surface area contributed by atoms with Crippen LogP contribution < -0.4 is 10.9 Å². The van der Waals surface area contributed by atoms with Gasteiger partial charge < -0.3 is 5.32 Å². The zero-order valence-corrected chi connectivity index (χ0v) is 13.2. The molecule has 1 aromatic carbocycles. The Bertz CT molecular complexity index is 893. The van der Waals surface area contributed by atoms with Gasteiger partial charge in [-0.05, 0) is 50.3 Å². The predicted octanol–water partition coefficient (Wildman–Crippen LogP) is 3.92. The fraction of sp³-hybridized carbons (Fsp3) is 0.294. The van der Waals surface area contributed by atoms with Gasteiger partial charge in [0.05, 0.1) is 5.39 Å². The second kappa shape index (κ2) is 5.25. The molecular weight excluding hydrogens is 294 g/mol. The maximum Gasteiger partial charge on any atom is 0.261 e. The van der Waals surface area contributed by atoms with Gasteiger partial charge in [-0.3, -0.25) is 9.78 Å². The van der Waals surface area contributed by atoms with Crippen molar-refractivity contribution in [3.8, 4) is 0 Å². The average molecular weight is 311 g/mol. The maximum atomic E-state index is 12.4. The van der Waals surface area contributed by atoms with Crippen molar-refractivity contribution in [2.24, 2.45) is 0 Å². The summed E-state index contributed by atoms with van der Waals surface area (Å²) in [5.41, 5.74) is 3.32. The van der Waals surface area contributed by atoms with E-state index in [-0.39, 0.29) is 5.56 Å². The topological polar surface area (TPSA) is 57.8 Å². The number of nitrogens with one attached hydrogen (secondary N) is 2. The molecule has 2 heterocycles. The van der Waals surface area contributed by atoms with Crippen LogP contribution in [-0.2, 0) is 12.8 Å². The van der Waals surface area contributed by atoms with E-state index in [4.69, 9.17) is 0 Å². The van der Waals surface area contributed by atoms with Gasteiger partial charge >= 0.3 is 0 Å². The molecule has 0 amide bonds. The molecule has 2 aromatic heterocycles. The molecule has 112 valence electrons. The van der Waals surface area contributed by atoms with Crippen molar-refractivity contribution in [1.82, 2.24) is 9.97 Å². The van der Waals surface area contributed by atoms with Crippen molar-refractivity contribution in [2.75, 3.05) is 5.32 Å². The number of benzene rings is 1. The van der Waals surface area contributed by atoms with Crippen LogP contribution in [0.1, 0.15) is 28.8 Å². The van der Waals surface area contributed by atoms with Gasteiger partial charge in [0.2, 0.25) is 5.95 Å². The molecule has 0 spiro atoms. The van der Waals surface area contributed by atoms with Crippen LogP contribution in [0.25, 0.3) is 10.2 Å². The normalized spacial score (nSPS) is 14.0. The highest BCUT2D eigenvalue weighted by atomic mass is 32.1. The number of H-pyrrole nitrogens is 1. The Hall–Kier alpha value is -2.14. The third-order valence-electron chi connectivity index (χ3n) is 4.14. The minimum Gasteiger partial charge on any atom is -0.326 e. The molecule has 0 saturated carbocycles. The molecule has 2 N–H and O–H groups in total. The van der Waals surface area contributed by atoms with E-state index in [1.807, 2.05) is 31.2 Å².